The standard InChI is InChI=1S/C18H28N2O3/c1-12-14-10-16(23-6)15(22-5)9-13(14)7-8-20(12)11-17(21)19-18(2,3)4/h9-10,12H,7-8,11H2,1-6H3,(H,19,21)/t12-/m0/s1. The molecule has 1 atom stereocenters. The highest BCUT2D eigenvalue weighted by Gasteiger charge is 2.28. The molecule has 2 rings (SSSR count). The van der Waals surface area contributed by atoms with Crippen molar-refractivity contribution >= 4 is 5.91 Å². The molecule has 1 aromatic carbocycles. The Kier molecular flexibility index (Phi) is 5.19. The van der Waals surface area contributed by atoms with Gasteiger partial charge in [-0.1, -0.05) is 0 Å². The minimum absolute atomic E-state index is 0.0632. The molecule has 23 heavy (non-hydrogen) atoms. The summed E-state index contributed by atoms with van der Waals surface area (Å²) in [6, 6.07) is 4.26. The normalized spacial score (nSPS) is 18.3. The maximum Gasteiger partial charge on any atom is 0.234 e. The second-order valence-corrected chi connectivity index (χ2v) is 7.10. The van der Waals surface area contributed by atoms with Crippen molar-refractivity contribution in [3.05, 3.63) is 23.3 Å². The van der Waals surface area contributed by atoms with Gasteiger partial charge in [0.1, 0.15) is 0 Å². The zero-order valence-electron chi connectivity index (χ0n) is 15.0. The van der Waals surface area contributed by atoms with Crippen molar-refractivity contribution in [2.45, 2.75) is 45.7 Å². The van der Waals surface area contributed by atoms with Crippen LogP contribution >= 0.6 is 0 Å². The lowest BCUT2D eigenvalue weighted by Crippen LogP contribution is -2.47. The summed E-state index contributed by atoms with van der Waals surface area (Å²) in [6.45, 7) is 9.40. The van der Waals surface area contributed by atoms with Crippen molar-refractivity contribution in [1.29, 1.82) is 0 Å². The number of benzene rings is 1. The largest absolute Gasteiger partial charge is 0.493 e. The van der Waals surface area contributed by atoms with Crippen molar-refractivity contribution in [3.8, 4) is 11.5 Å². The number of ether oxygens (including phenoxy) is 2. The minimum Gasteiger partial charge on any atom is -0.493 e. The van der Waals surface area contributed by atoms with E-state index in [9.17, 15) is 4.79 Å². The first-order chi connectivity index (χ1) is 10.7. The van der Waals surface area contributed by atoms with E-state index in [-0.39, 0.29) is 17.5 Å². The first kappa shape index (κ1) is 17.6. The van der Waals surface area contributed by atoms with E-state index in [1.165, 1.54) is 11.1 Å². The molecular formula is C18H28N2O3. The van der Waals surface area contributed by atoms with E-state index in [4.69, 9.17) is 9.47 Å². The number of hydrogen-bond donors (Lipinski definition) is 1. The lowest BCUT2D eigenvalue weighted by atomic mass is 9.92. The van der Waals surface area contributed by atoms with Crippen LogP contribution in [0.3, 0.4) is 0 Å². The quantitative estimate of drug-likeness (QED) is 0.926. The fourth-order valence-electron chi connectivity index (χ4n) is 3.05. The molecule has 1 aromatic rings. The summed E-state index contributed by atoms with van der Waals surface area (Å²) >= 11 is 0. The maximum absolute atomic E-state index is 12.2. The third-order valence-electron chi connectivity index (χ3n) is 4.17. The van der Waals surface area contributed by atoms with Gasteiger partial charge in [0.2, 0.25) is 5.91 Å². The first-order valence-corrected chi connectivity index (χ1v) is 8.05. The smallest absolute Gasteiger partial charge is 0.234 e. The van der Waals surface area contributed by atoms with Crippen LogP contribution in [0.15, 0.2) is 12.1 Å². The monoisotopic (exact) mass is 320 g/mol. The molecule has 0 saturated carbocycles. The van der Waals surface area contributed by atoms with E-state index in [1.54, 1.807) is 14.2 Å². The summed E-state index contributed by atoms with van der Waals surface area (Å²) < 4.78 is 10.8. The molecule has 5 nitrogen and oxygen atoms in total. The lowest BCUT2D eigenvalue weighted by molar-refractivity contribution is -0.124. The van der Waals surface area contributed by atoms with Gasteiger partial charge in [0.05, 0.1) is 20.8 Å². The molecule has 0 fully saturated rings. The summed E-state index contributed by atoms with van der Waals surface area (Å²) in [4.78, 5) is 14.4. The van der Waals surface area contributed by atoms with Crippen LogP contribution in [0.1, 0.15) is 44.9 Å². The fourth-order valence-corrected chi connectivity index (χ4v) is 3.05. The molecule has 0 aromatic heterocycles. The van der Waals surface area contributed by atoms with Gasteiger partial charge >= 0.3 is 0 Å². The van der Waals surface area contributed by atoms with Crippen LogP contribution in [0.2, 0.25) is 0 Å². The zero-order chi connectivity index (χ0) is 17.2. The molecule has 1 heterocycles. The highest BCUT2D eigenvalue weighted by atomic mass is 16.5. The SMILES string of the molecule is COc1cc2c(cc1OC)[C@H](C)N(CC(=O)NC(C)(C)C)CC2. The van der Waals surface area contributed by atoms with Crippen molar-refractivity contribution in [2.75, 3.05) is 27.3 Å². The predicted octanol–water partition coefficient (Wildman–Crippen LogP) is 2.54. The molecular weight excluding hydrogens is 292 g/mol. The Morgan fingerprint density at radius 1 is 1.26 bits per heavy atom. The Morgan fingerprint density at radius 2 is 1.87 bits per heavy atom. The fraction of sp³-hybridized carbons (Fsp3) is 0.611. The highest BCUT2D eigenvalue weighted by Crippen LogP contribution is 2.37. The van der Waals surface area contributed by atoms with Crippen LogP contribution < -0.4 is 14.8 Å². The van der Waals surface area contributed by atoms with E-state index in [0.717, 1.165) is 24.5 Å². The van der Waals surface area contributed by atoms with Crippen LogP contribution in [0.5, 0.6) is 11.5 Å². The molecule has 128 valence electrons. The first-order valence-electron chi connectivity index (χ1n) is 8.05. The zero-order valence-corrected chi connectivity index (χ0v) is 15.0. The van der Waals surface area contributed by atoms with Gasteiger partial charge in [-0.25, -0.2) is 0 Å². The van der Waals surface area contributed by atoms with Crippen molar-refractivity contribution in [3.63, 3.8) is 0 Å². The Morgan fingerprint density at radius 3 is 2.43 bits per heavy atom. The van der Waals surface area contributed by atoms with Gasteiger partial charge in [0.15, 0.2) is 11.5 Å². The van der Waals surface area contributed by atoms with Crippen LogP contribution in [0, 0.1) is 0 Å². The predicted molar refractivity (Wildman–Crippen MR) is 91.1 cm³/mol. The minimum atomic E-state index is -0.204. The van der Waals surface area contributed by atoms with E-state index in [1.807, 2.05) is 26.8 Å². The third-order valence-corrected chi connectivity index (χ3v) is 4.17. The van der Waals surface area contributed by atoms with Crippen molar-refractivity contribution < 1.29 is 14.3 Å². The molecule has 0 spiro atoms. The molecule has 0 bridgehead atoms. The molecule has 1 aliphatic heterocycles. The van der Waals surface area contributed by atoms with Gasteiger partial charge in [-0.05, 0) is 57.4 Å². The third kappa shape index (κ3) is 4.16. The van der Waals surface area contributed by atoms with E-state index < -0.39 is 0 Å². The number of methoxy groups -OCH3 is 2. The summed E-state index contributed by atoms with van der Waals surface area (Å²) in [6.07, 6.45) is 0.906. The summed E-state index contributed by atoms with van der Waals surface area (Å²) in [7, 11) is 3.30. The Balaban J connectivity index is 2.17. The summed E-state index contributed by atoms with van der Waals surface area (Å²) in [5.74, 6) is 1.56. The van der Waals surface area contributed by atoms with E-state index >= 15 is 0 Å². The lowest BCUT2D eigenvalue weighted by Gasteiger charge is -2.36. The van der Waals surface area contributed by atoms with Gasteiger partial charge < -0.3 is 14.8 Å². The van der Waals surface area contributed by atoms with Gasteiger partial charge in [0, 0.05) is 18.1 Å². The number of nitrogens with one attached hydrogen (secondary N) is 1. The van der Waals surface area contributed by atoms with Gasteiger partial charge in [0.25, 0.3) is 0 Å². The Bertz CT molecular complexity index is 578. The average Bonchev–Trinajstić information content (AvgIpc) is 2.47. The van der Waals surface area contributed by atoms with Crippen LogP contribution in [-0.4, -0.2) is 43.7 Å². The Labute approximate surface area is 139 Å². The number of amides is 1. The van der Waals surface area contributed by atoms with Gasteiger partial charge in [-0.15, -0.1) is 0 Å². The van der Waals surface area contributed by atoms with Crippen LogP contribution in [-0.2, 0) is 11.2 Å². The van der Waals surface area contributed by atoms with Crippen molar-refractivity contribution in [2.24, 2.45) is 0 Å². The molecule has 0 radical (unpaired) electrons. The van der Waals surface area contributed by atoms with Gasteiger partial charge in [-0.2, -0.15) is 0 Å². The second kappa shape index (κ2) is 6.79. The van der Waals surface area contributed by atoms with Crippen LogP contribution in [0.4, 0.5) is 0 Å². The second-order valence-electron chi connectivity index (χ2n) is 7.10. The molecule has 1 N–H and O–H groups in total. The molecule has 1 aliphatic rings. The number of carbonyl (C=O) groups is 1. The molecule has 0 unspecified atom stereocenters. The van der Waals surface area contributed by atoms with E-state index in [0.29, 0.717) is 6.54 Å². The van der Waals surface area contributed by atoms with Gasteiger partial charge in [-0.3, -0.25) is 9.69 Å². The molecule has 1 amide bonds. The number of rotatable bonds is 4. The molecule has 5 heteroatoms. The molecule has 0 aliphatic carbocycles. The number of hydrogen-bond acceptors (Lipinski definition) is 4. The number of carbonyl (C=O) groups excluding carboxylic acids is 1. The number of fused-ring (bicyclic) bond motifs is 1. The van der Waals surface area contributed by atoms with Crippen molar-refractivity contribution in [1.82, 2.24) is 10.2 Å². The summed E-state index contributed by atoms with van der Waals surface area (Å²) in [5.41, 5.74) is 2.27. The number of nitrogens with zero attached hydrogens (tertiary/aromatic N) is 1. The molecule has 0 saturated heterocycles. The van der Waals surface area contributed by atoms with Crippen LogP contribution in [0.25, 0.3) is 0 Å². The summed E-state index contributed by atoms with van der Waals surface area (Å²) in [5, 5.41) is 3.03. The average molecular weight is 320 g/mol. The Hall–Kier alpha value is -1.75. The topological polar surface area (TPSA) is 50.8 Å². The van der Waals surface area contributed by atoms with E-state index in [2.05, 4.69) is 23.2 Å². The highest BCUT2D eigenvalue weighted by molar-refractivity contribution is 5.78. The maximum atomic E-state index is 12.2.